The van der Waals surface area contributed by atoms with Gasteiger partial charge in [-0.05, 0) is 45.7 Å². The zero-order chi connectivity index (χ0) is 31.6. The van der Waals surface area contributed by atoms with Gasteiger partial charge in [0.2, 0.25) is 5.88 Å². The number of anilines is 1. The van der Waals surface area contributed by atoms with Crippen molar-refractivity contribution in [3.63, 3.8) is 0 Å². The number of nitrogens with one attached hydrogen (secondary N) is 2. The molecule has 0 fully saturated rings. The Morgan fingerprint density at radius 1 is 0.562 bits per heavy atom. The highest BCUT2D eigenvalue weighted by atomic mass is 16.4. The van der Waals surface area contributed by atoms with Crippen LogP contribution in [0, 0.1) is 0 Å². The SMILES string of the molecule is C1=C(c2cccc3c(C4=NC(c5cccc6oc7ccccc7c56)=NC(c5ccccc5)N4)cccc23)c2c(oc3ccccc23)NC1. The third kappa shape index (κ3) is 4.12. The first-order chi connectivity index (χ1) is 23.8. The van der Waals surface area contributed by atoms with E-state index in [-0.39, 0.29) is 6.17 Å². The number of furan rings is 2. The molecule has 8 aromatic rings. The number of fused-ring (bicyclic) bond motifs is 7. The minimum atomic E-state index is -0.326. The topological polar surface area (TPSA) is 75.1 Å². The van der Waals surface area contributed by atoms with Crippen molar-refractivity contribution in [2.75, 3.05) is 11.9 Å². The maximum Gasteiger partial charge on any atom is 0.202 e. The predicted molar refractivity (Wildman–Crippen MR) is 195 cm³/mol. The molecule has 2 aromatic heterocycles. The summed E-state index contributed by atoms with van der Waals surface area (Å²) >= 11 is 0. The molecule has 228 valence electrons. The smallest absolute Gasteiger partial charge is 0.202 e. The Hall–Kier alpha value is -6.40. The number of amidine groups is 2. The van der Waals surface area contributed by atoms with Crippen LogP contribution >= 0.6 is 0 Å². The maximum absolute atomic E-state index is 6.25. The number of rotatable bonds is 4. The van der Waals surface area contributed by atoms with Crippen LogP contribution in [0.4, 0.5) is 5.88 Å². The Morgan fingerprint density at radius 3 is 2.06 bits per heavy atom. The van der Waals surface area contributed by atoms with Gasteiger partial charge < -0.3 is 19.5 Å². The van der Waals surface area contributed by atoms with Crippen LogP contribution in [0.5, 0.6) is 0 Å². The van der Waals surface area contributed by atoms with E-state index < -0.39 is 0 Å². The average molecular weight is 621 g/mol. The summed E-state index contributed by atoms with van der Waals surface area (Å²) in [5, 5.41) is 12.5. The summed E-state index contributed by atoms with van der Waals surface area (Å²) in [6.07, 6.45) is 1.93. The second-order valence-electron chi connectivity index (χ2n) is 12.2. The third-order valence-electron chi connectivity index (χ3n) is 9.40. The van der Waals surface area contributed by atoms with Crippen molar-refractivity contribution in [2.24, 2.45) is 9.98 Å². The number of benzene rings is 6. The second kappa shape index (κ2) is 10.6. The molecule has 0 aliphatic carbocycles. The Kier molecular flexibility index (Phi) is 5.90. The van der Waals surface area contributed by atoms with E-state index >= 15 is 0 Å². The molecule has 1 atom stereocenters. The first-order valence-electron chi connectivity index (χ1n) is 16.2. The van der Waals surface area contributed by atoms with Gasteiger partial charge in [-0.3, -0.25) is 0 Å². The minimum absolute atomic E-state index is 0.326. The van der Waals surface area contributed by atoms with E-state index in [1.54, 1.807) is 0 Å². The number of aliphatic imine (C=N–C) groups is 2. The molecule has 6 nitrogen and oxygen atoms in total. The zero-order valence-electron chi connectivity index (χ0n) is 25.8. The Bertz CT molecular complexity index is 2660. The standard InChI is InChI=1S/C42H28N4O2/c1-2-11-25(12-3-1)39-44-40(46-41(45-39)33-19-10-22-36-37(33)31-13-4-6-20-34(31)47-36)30-18-9-15-26-27(16-8-17-28(26)30)29-23-24-43-42-38(29)32-14-5-7-21-35(32)48-42/h1-23,39,43H,24H2,(H,44,45,46). The van der Waals surface area contributed by atoms with E-state index in [9.17, 15) is 0 Å². The lowest BCUT2D eigenvalue weighted by Gasteiger charge is -2.25. The van der Waals surface area contributed by atoms with Crippen LogP contribution in [0.3, 0.4) is 0 Å². The molecular formula is C42H28N4O2. The summed E-state index contributed by atoms with van der Waals surface area (Å²) in [5.41, 5.74) is 8.98. The molecule has 0 saturated heterocycles. The summed E-state index contributed by atoms with van der Waals surface area (Å²) in [6, 6.07) is 45.8. The number of hydrogen-bond donors (Lipinski definition) is 2. The lowest BCUT2D eigenvalue weighted by atomic mass is 9.89. The van der Waals surface area contributed by atoms with E-state index in [4.69, 9.17) is 18.8 Å². The Balaban J connectivity index is 1.16. The monoisotopic (exact) mass is 620 g/mol. The minimum Gasteiger partial charge on any atom is -0.456 e. The molecule has 48 heavy (non-hydrogen) atoms. The summed E-state index contributed by atoms with van der Waals surface area (Å²) in [5.74, 6) is 2.25. The quantitative estimate of drug-likeness (QED) is 0.205. The first-order valence-corrected chi connectivity index (χ1v) is 16.2. The molecule has 0 saturated carbocycles. The van der Waals surface area contributed by atoms with E-state index in [2.05, 4.69) is 89.5 Å². The Morgan fingerprint density at radius 2 is 1.21 bits per heavy atom. The number of nitrogens with zero attached hydrogens (tertiary/aromatic N) is 2. The summed E-state index contributed by atoms with van der Waals surface area (Å²) < 4.78 is 12.5. The highest BCUT2D eigenvalue weighted by Gasteiger charge is 2.26. The highest BCUT2D eigenvalue weighted by Crippen LogP contribution is 2.42. The highest BCUT2D eigenvalue weighted by molar-refractivity contribution is 6.23. The maximum atomic E-state index is 6.25. The lowest BCUT2D eigenvalue weighted by Crippen LogP contribution is -2.33. The van der Waals surface area contributed by atoms with Crippen LogP contribution in [0.25, 0.3) is 49.3 Å². The van der Waals surface area contributed by atoms with Crippen molar-refractivity contribution >= 4 is 66.8 Å². The van der Waals surface area contributed by atoms with Crippen molar-refractivity contribution in [1.29, 1.82) is 0 Å². The molecular weight excluding hydrogens is 592 g/mol. The lowest BCUT2D eigenvalue weighted by molar-refractivity contribution is 0.627. The molecule has 6 heteroatoms. The second-order valence-corrected chi connectivity index (χ2v) is 12.2. The van der Waals surface area contributed by atoms with Gasteiger partial charge in [-0.25, -0.2) is 9.98 Å². The van der Waals surface area contributed by atoms with Gasteiger partial charge in [0, 0.05) is 33.8 Å². The van der Waals surface area contributed by atoms with Crippen molar-refractivity contribution < 1.29 is 8.83 Å². The zero-order valence-corrected chi connectivity index (χ0v) is 25.8. The molecule has 2 aliphatic heterocycles. The molecule has 0 radical (unpaired) electrons. The van der Waals surface area contributed by atoms with E-state index in [1.165, 1.54) is 0 Å². The molecule has 1 unspecified atom stereocenters. The fourth-order valence-electron chi connectivity index (χ4n) is 7.25. The van der Waals surface area contributed by atoms with Crippen molar-refractivity contribution in [3.05, 3.63) is 167 Å². The number of hydrogen-bond acceptors (Lipinski definition) is 6. The first kappa shape index (κ1) is 26.8. The average Bonchev–Trinajstić information content (AvgIpc) is 3.73. The van der Waals surface area contributed by atoms with Gasteiger partial charge in [-0.15, -0.1) is 0 Å². The summed E-state index contributed by atoms with van der Waals surface area (Å²) in [6.45, 7) is 0.694. The normalized spacial score (nSPS) is 15.9. The molecule has 0 spiro atoms. The van der Waals surface area contributed by atoms with Crippen molar-refractivity contribution in [2.45, 2.75) is 6.17 Å². The van der Waals surface area contributed by atoms with Crippen LogP contribution in [-0.2, 0) is 0 Å². The van der Waals surface area contributed by atoms with Gasteiger partial charge in [-0.2, -0.15) is 0 Å². The van der Waals surface area contributed by atoms with E-state index in [0.29, 0.717) is 12.4 Å². The molecule has 0 bridgehead atoms. The van der Waals surface area contributed by atoms with Crippen LogP contribution < -0.4 is 10.6 Å². The van der Waals surface area contributed by atoms with Crippen LogP contribution in [0.1, 0.15) is 34.0 Å². The summed E-state index contributed by atoms with van der Waals surface area (Å²) in [4.78, 5) is 10.5. The molecule has 6 aromatic carbocycles. The van der Waals surface area contributed by atoms with Gasteiger partial charge in [0.1, 0.15) is 28.8 Å². The van der Waals surface area contributed by atoms with Gasteiger partial charge in [0.25, 0.3) is 0 Å². The van der Waals surface area contributed by atoms with Crippen LogP contribution in [0.15, 0.2) is 158 Å². The van der Waals surface area contributed by atoms with Gasteiger partial charge in [-0.1, -0.05) is 121 Å². The van der Waals surface area contributed by atoms with Crippen LogP contribution in [0.2, 0.25) is 0 Å². The molecule has 2 aliphatic rings. The predicted octanol–water partition coefficient (Wildman–Crippen LogP) is 9.84. The molecule has 0 amide bonds. The molecule has 2 N–H and O–H groups in total. The van der Waals surface area contributed by atoms with Gasteiger partial charge in [0.05, 0.1) is 5.56 Å². The van der Waals surface area contributed by atoms with E-state index in [1.807, 2.05) is 60.7 Å². The molecule has 10 rings (SSSR count). The molecule has 4 heterocycles. The van der Waals surface area contributed by atoms with Crippen LogP contribution in [-0.4, -0.2) is 18.2 Å². The van der Waals surface area contributed by atoms with Crippen molar-refractivity contribution in [1.82, 2.24) is 5.32 Å². The van der Waals surface area contributed by atoms with E-state index in [0.717, 1.165) is 88.8 Å². The van der Waals surface area contributed by atoms with Gasteiger partial charge >= 0.3 is 0 Å². The Labute approximate surface area is 275 Å². The van der Waals surface area contributed by atoms with Crippen molar-refractivity contribution in [3.8, 4) is 0 Å². The fraction of sp³-hybridized carbons (Fsp3) is 0.0476. The number of para-hydroxylation sites is 2. The fourth-order valence-corrected chi connectivity index (χ4v) is 7.25. The third-order valence-corrected chi connectivity index (χ3v) is 9.40. The largest absolute Gasteiger partial charge is 0.456 e. The van der Waals surface area contributed by atoms with Gasteiger partial charge in [0.15, 0.2) is 5.84 Å². The summed E-state index contributed by atoms with van der Waals surface area (Å²) in [7, 11) is 0.